The Bertz CT molecular complexity index is 490. The minimum absolute atomic E-state index is 0.0219. The van der Waals surface area contributed by atoms with Crippen molar-refractivity contribution in [2.24, 2.45) is 0 Å². The lowest BCUT2D eigenvalue weighted by molar-refractivity contribution is 0.145. The number of nitrogens with zero attached hydrogens (tertiary/aromatic N) is 1. The third-order valence-electron chi connectivity index (χ3n) is 1.64. The van der Waals surface area contributed by atoms with Crippen molar-refractivity contribution < 1.29 is 17.2 Å². The van der Waals surface area contributed by atoms with Gasteiger partial charge in [-0.1, -0.05) is 11.6 Å². The van der Waals surface area contributed by atoms with Gasteiger partial charge in [0.15, 0.2) is 0 Å². The lowest BCUT2D eigenvalue weighted by Gasteiger charge is -2.06. The van der Waals surface area contributed by atoms with E-state index in [-0.39, 0.29) is 5.56 Å². The van der Waals surface area contributed by atoms with Crippen molar-refractivity contribution in [2.45, 2.75) is 18.2 Å². The maximum absolute atomic E-state index is 12.3. The van der Waals surface area contributed by atoms with E-state index in [1.807, 2.05) is 0 Å². The average molecular weight is 276 g/mol. The van der Waals surface area contributed by atoms with E-state index in [0.717, 1.165) is 6.07 Å². The summed E-state index contributed by atoms with van der Waals surface area (Å²) in [5, 5.41) is -0.550. The van der Waals surface area contributed by atoms with Crippen molar-refractivity contribution >= 4 is 31.3 Å². The molecule has 1 rings (SSSR count). The van der Waals surface area contributed by atoms with Gasteiger partial charge in [0.05, 0.1) is 0 Å². The van der Waals surface area contributed by atoms with E-state index < -0.39 is 31.2 Å². The Morgan fingerprint density at radius 2 is 2.00 bits per heavy atom. The molecule has 1 heterocycles. The predicted octanol–water partition coefficient (Wildman–Crippen LogP) is 2.91. The molecule has 0 aromatic carbocycles. The van der Waals surface area contributed by atoms with Crippen LogP contribution >= 0.6 is 22.3 Å². The molecule has 0 amide bonds. The van der Waals surface area contributed by atoms with Crippen LogP contribution in [0.4, 0.5) is 8.78 Å². The van der Waals surface area contributed by atoms with Crippen LogP contribution < -0.4 is 0 Å². The Kier molecular flexibility index (Phi) is 3.52. The summed E-state index contributed by atoms with van der Waals surface area (Å²) in [5.74, 6) is 0. The van der Waals surface area contributed by atoms with Crippen LogP contribution in [0.1, 0.15) is 17.7 Å². The second-order valence-electron chi connectivity index (χ2n) is 2.72. The summed E-state index contributed by atoms with van der Waals surface area (Å²) in [6.07, 6.45) is -2.81. The Hall–Kier alpha value is -0.460. The molecule has 0 radical (unpaired) electrons. The molecule has 8 heteroatoms. The maximum atomic E-state index is 12.3. The molecule has 0 spiro atoms. The molecule has 0 saturated heterocycles. The number of hydrogen-bond acceptors (Lipinski definition) is 3. The minimum Gasteiger partial charge on any atom is -0.233 e. The smallest absolute Gasteiger partial charge is 0.233 e. The predicted molar refractivity (Wildman–Crippen MR) is 52.0 cm³/mol. The SMILES string of the molecule is Cc1cc(S(=O)(=O)Cl)c(Cl)nc1C(F)F. The third kappa shape index (κ3) is 2.76. The molecule has 0 aliphatic heterocycles. The summed E-state index contributed by atoms with van der Waals surface area (Å²) in [7, 11) is 0.962. The molecule has 0 saturated carbocycles. The van der Waals surface area contributed by atoms with E-state index in [2.05, 4.69) is 4.98 Å². The number of halogens is 4. The molecule has 0 aliphatic carbocycles. The van der Waals surface area contributed by atoms with E-state index in [9.17, 15) is 17.2 Å². The molecule has 15 heavy (non-hydrogen) atoms. The van der Waals surface area contributed by atoms with Crippen LogP contribution in [0.5, 0.6) is 0 Å². The molecular weight excluding hydrogens is 271 g/mol. The molecule has 1 aromatic rings. The van der Waals surface area contributed by atoms with Gasteiger partial charge in [0.2, 0.25) is 0 Å². The van der Waals surface area contributed by atoms with Crippen LogP contribution in [0, 0.1) is 6.92 Å². The normalized spacial score (nSPS) is 12.1. The largest absolute Gasteiger partial charge is 0.280 e. The highest BCUT2D eigenvalue weighted by atomic mass is 35.7. The van der Waals surface area contributed by atoms with Gasteiger partial charge in [-0.15, -0.1) is 0 Å². The summed E-state index contributed by atoms with van der Waals surface area (Å²) in [6, 6.07) is 0.971. The summed E-state index contributed by atoms with van der Waals surface area (Å²) in [5.41, 5.74) is -0.530. The minimum atomic E-state index is -4.07. The van der Waals surface area contributed by atoms with Gasteiger partial charge >= 0.3 is 0 Å². The number of rotatable bonds is 2. The van der Waals surface area contributed by atoms with Crippen LogP contribution in [0.15, 0.2) is 11.0 Å². The fourth-order valence-corrected chi connectivity index (χ4v) is 2.46. The summed E-state index contributed by atoms with van der Waals surface area (Å²) in [6.45, 7) is 1.30. The maximum Gasteiger partial charge on any atom is 0.280 e. The van der Waals surface area contributed by atoms with Crippen molar-refractivity contribution in [1.29, 1.82) is 0 Å². The van der Waals surface area contributed by atoms with Crippen LogP contribution in [0.25, 0.3) is 0 Å². The van der Waals surface area contributed by atoms with Gasteiger partial charge in [-0.2, -0.15) is 0 Å². The topological polar surface area (TPSA) is 47.0 Å². The van der Waals surface area contributed by atoms with Gasteiger partial charge in [-0.05, 0) is 18.6 Å². The second-order valence-corrected chi connectivity index (χ2v) is 5.61. The van der Waals surface area contributed by atoms with Crippen molar-refractivity contribution in [2.75, 3.05) is 0 Å². The molecule has 0 aliphatic rings. The number of hydrogen-bond donors (Lipinski definition) is 0. The first-order chi connectivity index (χ1) is 6.73. The fourth-order valence-electron chi connectivity index (χ4n) is 0.971. The lowest BCUT2D eigenvalue weighted by Crippen LogP contribution is -2.01. The van der Waals surface area contributed by atoms with Gasteiger partial charge in [0.25, 0.3) is 15.5 Å². The standard InChI is InChI=1S/C7H5Cl2F2NO2S/c1-3-2-4(15(9,13)14)6(8)12-5(3)7(10)11/h2,7H,1H3. The van der Waals surface area contributed by atoms with Gasteiger partial charge in [-0.25, -0.2) is 22.2 Å². The van der Waals surface area contributed by atoms with Gasteiger partial charge in [0, 0.05) is 10.7 Å². The monoisotopic (exact) mass is 275 g/mol. The highest BCUT2D eigenvalue weighted by molar-refractivity contribution is 8.13. The van der Waals surface area contributed by atoms with Gasteiger partial charge in [0.1, 0.15) is 15.7 Å². The highest BCUT2D eigenvalue weighted by Gasteiger charge is 2.21. The van der Waals surface area contributed by atoms with E-state index in [4.69, 9.17) is 22.3 Å². The molecule has 0 bridgehead atoms. The molecule has 84 valence electrons. The zero-order valence-corrected chi connectivity index (χ0v) is 9.67. The van der Waals surface area contributed by atoms with Crippen LogP contribution in [-0.4, -0.2) is 13.4 Å². The molecule has 3 nitrogen and oxygen atoms in total. The number of aromatic nitrogens is 1. The van der Waals surface area contributed by atoms with E-state index in [0.29, 0.717) is 0 Å². The van der Waals surface area contributed by atoms with Gasteiger partial charge in [-0.3, -0.25) is 0 Å². The molecular formula is C7H5Cl2F2NO2S. The van der Waals surface area contributed by atoms with E-state index in [1.165, 1.54) is 6.92 Å². The Balaban J connectivity index is 3.46. The van der Waals surface area contributed by atoms with Crippen LogP contribution in [0.2, 0.25) is 5.15 Å². The zero-order chi connectivity index (χ0) is 11.8. The van der Waals surface area contributed by atoms with Crippen LogP contribution in [0.3, 0.4) is 0 Å². The molecule has 0 fully saturated rings. The Morgan fingerprint density at radius 3 is 2.40 bits per heavy atom. The summed E-state index contributed by atoms with van der Waals surface area (Å²) in [4.78, 5) is 2.83. The third-order valence-corrected chi connectivity index (χ3v) is 3.38. The first-order valence-electron chi connectivity index (χ1n) is 3.63. The van der Waals surface area contributed by atoms with E-state index in [1.54, 1.807) is 0 Å². The number of alkyl halides is 2. The first kappa shape index (κ1) is 12.6. The van der Waals surface area contributed by atoms with Crippen molar-refractivity contribution in [3.05, 3.63) is 22.5 Å². The number of aryl methyl sites for hydroxylation is 1. The number of pyridine rings is 1. The molecule has 0 unspecified atom stereocenters. The molecule has 1 aromatic heterocycles. The quantitative estimate of drug-likeness (QED) is 0.616. The fraction of sp³-hybridized carbons (Fsp3) is 0.286. The van der Waals surface area contributed by atoms with Crippen molar-refractivity contribution in [1.82, 2.24) is 4.98 Å². The molecule has 0 N–H and O–H groups in total. The second kappa shape index (κ2) is 4.19. The Labute approximate surface area is 94.4 Å². The lowest BCUT2D eigenvalue weighted by atomic mass is 10.2. The van der Waals surface area contributed by atoms with Gasteiger partial charge < -0.3 is 0 Å². The van der Waals surface area contributed by atoms with E-state index >= 15 is 0 Å². The average Bonchev–Trinajstić information content (AvgIpc) is 2.06. The van der Waals surface area contributed by atoms with Crippen molar-refractivity contribution in [3.8, 4) is 0 Å². The zero-order valence-electron chi connectivity index (χ0n) is 7.34. The first-order valence-corrected chi connectivity index (χ1v) is 6.32. The summed E-state index contributed by atoms with van der Waals surface area (Å²) < 4.78 is 46.5. The van der Waals surface area contributed by atoms with Crippen molar-refractivity contribution in [3.63, 3.8) is 0 Å². The van der Waals surface area contributed by atoms with Crippen LogP contribution in [-0.2, 0) is 9.05 Å². The summed E-state index contributed by atoms with van der Waals surface area (Å²) >= 11 is 5.42. The Morgan fingerprint density at radius 1 is 1.47 bits per heavy atom. The molecule has 0 atom stereocenters. The highest BCUT2D eigenvalue weighted by Crippen LogP contribution is 2.29.